The first-order valence-corrected chi connectivity index (χ1v) is 10.5. The summed E-state index contributed by atoms with van der Waals surface area (Å²) in [6.07, 6.45) is 1.37. The molecule has 7 heteroatoms. The molecule has 0 atom stereocenters. The van der Waals surface area contributed by atoms with Gasteiger partial charge in [-0.3, -0.25) is 14.2 Å². The van der Waals surface area contributed by atoms with Crippen LogP contribution in [0.4, 0.5) is 0 Å². The molecule has 0 aliphatic rings. The molecule has 0 aliphatic heterocycles. The maximum Gasteiger partial charge on any atom is 0.326 e. The Labute approximate surface area is 177 Å². The number of carbonyl (C=O) groups is 1. The van der Waals surface area contributed by atoms with E-state index in [2.05, 4.69) is 48.1 Å². The van der Waals surface area contributed by atoms with E-state index in [0.29, 0.717) is 22.5 Å². The lowest BCUT2D eigenvalue weighted by molar-refractivity contribution is -0.145. The summed E-state index contributed by atoms with van der Waals surface area (Å²) in [5, 5.41) is 3.23. The van der Waals surface area contributed by atoms with Crippen LogP contribution in [-0.4, -0.2) is 20.5 Å². The highest BCUT2D eigenvalue weighted by Gasteiger charge is 2.11. The fourth-order valence-electron chi connectivity index (χ4n) is 3.07. The first-order valence-electron chi connectivity index (χ1n) is 9.66. The van der Waals surface area contributed by atoms with Crippen molar-refractivity contribution in [3.63, 3.8) is 0 Å². The van der Waals surface area contributed by atoms with Gasteiger partial charge in [-0.05, 0) is 23.6 Å². The quantitative estimate of drug-likeness (QED) is 0.434. The summed E-state index contributed by atoms with van der Waals surface area (Å²) >= 11 is 1.51. The third-order valence-corrected chi connectivity index (χ3v) is 5.73. The van der Waals surface area contributed by atoms with Crippen LogP contribution in [0.2, 0.25) is 0 Å². The molecule has 0 unspecified atom stereocenters. The lowest BCUT2D eigenvalue weighted by atomic mass is 10.0. The van der Waals surface area contributed by atoms with Crippen LogP contribution in [0.5, 0.6) is 0 Å². The van der Waals surface area contributed by atoms with E-state index in [1.807, 2.05) is 11.4 Å². The fourth-order valence-corrected chi connectivity index (χ4v) is 3.88. The number of esters is 1. The zero-order valence-electron chi connectivity index (χ0n) is 16.7. The van der Waals surface area contributed by atoms with Gasteiger partial charge in [0.25, 0.3) is 5.56 Å². The van der Waals surface area contributed by atoms with Crippen molar-refractivity contribution in [1.82, 2.24) is 14.5 Å². The Bertz CT molecular complexity index is 1240. The van der Waals surface area contributed by atoms with E-state index >= 15 is 0 Å². The van der Waals surface area contributed by atoms with Gasteiger partial charge < -0.3 is 4.74 Å². The fraction of sp³-hybridized carbons (Fsp3) is 0.217. The number of aromatic nitrogens is 3. The normalized spacial score (nSPS) is 11.2. The van der Waals surface area contributed by atoms with E-state index in [-0.39, 0.29) is 18.7 Å². The maximum atomic E-state index is 12.5. The van der Waals surface area contributed by atoms with Crippen LogP contribution in [0.15, 0.2) is 65.0 Å². The van der Waals surface area contributed by atoms with Crippen LogP contribution in [-0.2, 0) is 22.7 Å². The SMILES string of the molecule is CC(C)c1ccc(-c2nc(COC(=O)Cn3cnc4ccccc4c3=O)cs2)cc1. The van der Waals surface area contributed by atoms with Gasteiger partial charge in [0, 0.05) is 10.9 Å². The van der Waals surface area contributed by atoms with Gasteiger partial charge in [-0.25, -0.2) is 9.97 Å². The number of thiazole rings is 1. The summed E-state index contributed by atoms with van der Waals surface area (Å²) in [4.78, 5) is 33.5. The molecule has 0 fully saturated rings. The van der Waals surface area contributed by atoms with E-state index in [9.17, 15) is 9.59 Å². The zero-order valence-corrected chi connectivity index (χ0v) is 17.6. The predicted molar refractivity (Wildman–Crippen MR) is 117 cm³/mol. The van der Waals surface area contributed by atoms with Crippen molar-refractivity contribution in [3.8, 4) is 10.6 Å². The summed E-state index contributed by atoms with van der Waals surface area (Å²) < 4.78 is 6.57. The Morgan fingerprint density at radius 1 is 1.13 bits per heavy atom. The minimum absolute atomic E-state index is 0.0647. The Hall–Kier alpha value is -3.32. The smallest absolute Gasteiger partial charge is 0.326 e. The van der Waals surface area contributed by atoms with Gasteiger partial charge in [-0.2, -0.15) is 0 Å². The summed E-state index contributed by atoms with van der Waals surface area (Å²) in [5.74, 6) is -0.0272. The van der Waals surface area contributed by atoms with E-state index in [0.717, 1.165) is 10.6 Å². The van der Waals surface area contributed by atoms with E-state index < -0.39 is 5.97 Å². The first kappa shape index (κ1) is 20.0. The van der Waals surface area contributed by atoms with Crippen LogP contribution in [0, 0.1) is 0 Å². The number of hydrogen-bond donors (Lipinski definition) is 0. The maximum absolute atomic E-state index is 12.5. The van der Waals surface area contributed by atoms with E-state index in [1.165, 1.54) is 27.8 Å². The molecule has 0 aliphatic carbocycles. The minimum Gasteiger partial charge on any atom is -0.458 e. The third-order valence-electron chi connectivity index (χ3n) is 4.79. The van der Waals surface area contributed by atoms with Crippen molar-refractivity contribution < 1.29 is 9.53 Å². The lowest BCUT2D eigenvalue weighted by Gasteiger charge is -2.07. The summed E-state index contributed by atoms with van der Waals surface area (Å²) in [6.45, 7) is 4.19. The average Bonchev–Trinajstić information content (AvgIpc) is 3.24. The van der Waals surface area contributed by atoms with Crippen LogP contribution in [0.1, 0.15) is 31.0 Å². The topological polar surface area (TPSA) is 74.1 Å². The Balaban J connectivity index is 1.39. The molecule has 30 heavy (non-hydrogen) atoms. The molecule has 0 saturated heterocycles. The Morgan fingerprint density at radius 2 is 1.90 bits per heavy atom. The van der Waals surface area contributed by atoms with Crippen LogP contribution in [0.3, 0.4) is 0 Å². The van der Waals surface area contributed by atoms with Gasteiger partial charge in [0.05, 0.1) is 22.9 Å². The average molecular weight is 420 g/mol. The molecule has 0 spiro atoms. The molecule has 4 aromatic rings. The lowest BCUT2D eigenvalue weighted by Crippen LogP contribution is -2.25. The molecule has 6 nitrogen and oxygen atoms in total. The number of hydrogen-bond acceptors (Lipinski definition) is 6. The predicted octanol–water partition coefficient (Wildman–Crippen LogP) is 4.39. The molecule has 2 aromatic carbocycles. The van der Waals surface area contributed by atoms with Crippen LogP contribution >= 0.6 is 11.3 Å². The number of fused-ring (bicyclic) bond motifs is 1. The van der Waals surface area contributed by atoms with Crippen LogP contribution < -0.4 is 5.56 Å². The Kier molecular flexibility index (Phi) is 5.72. The molecule has 0 bridgehead atoms. The first-order chi connectivity index (χ1) is 14.5. The number of nitrogens with zero attached hydrogens (tertiary/aromatic N) is 3. The van der Waals surface area contributed by atoms with Crippen molar-refractivity contribution >= 4 is 28.2 Å². The molecule has 0 radical (unpaired) electrons. The third kappa shape index (κ3) is 4.31. The van der Waals surface area contributed by atoms with Crippen molar-refractivity contribution in [3.05, 3.63) is 81.8 Å². The number of ether oxygens (including phenoxy) is 1. The van der Waals surface area contributed by atoms with Gasteiger partial charge in [-0.1, -0.05) is 50.2 Å². The van der Waals surface area contributed by atoms with Gasteiger partial charge in [0.1, 0.15) is 18.2 Å². The number of para-hydroxylation sites is 1. The van der Waals surface area contributed by atoms with E-state index in [4.69, 9.17) is 4.74 Å². The molecule has 152 valence electrons. The van der Waals surface area contributed by atoms with Crippen molar-refractivity contribution in [2.75, 3.05) is 0 Å². The highest BCUT2D eigenvalue weighted by molar-refractivity contribution is 7.13. The summed E-state index contributed by atoms with van der Waals surface area (Å²) in [7, 11) is 0. The Morgan fingerprint density at radius 3 is 2.67 bits per heavy atom. The highest BCUT2D eigenvalue weighted by Crippen LogP contribution is 2.26. The second-order valence-electron chi connectivity index (χ2n) is 7.28. The van der Waals surface area contributed by atoms with Gasteiger partial charge in [0.15, 0.2) is 0 Å². The number of carbonyl (C=O) groups excluding carboxylic acids is 1. The second kappa shape index (κ2) is 8.59. The molecule has 0 amide bonds. The molecule has 2 heterocycles. The minimum atomic E-state index is -0.509. The van der Waals surface area contributed by atoms with Gasteiger partial charge >= 0.3 is 5.97 Å². The number of benzene rings is 2. The monoisotopic (exact) mass is 419 g/mol. The molecular formula is C23H21N3O3S. The summed E-state index contributed by atoms with van der Waals surface area (Å²) in [6, 6.07) is 15.4. The molecule has 4 rings (SSSR count). The van der Waals surface area contributed by atoms with Crippen molar-refractivity contribution in [2.45, 2.75) is 32.9 Å². The largest absolute Gasteiger partial charge is 0.458 e. The second-order valence-corrected chi connectivity index (χ2v) is 8.13. The highest BCUT2D eigenvalue weighted by atomic mass is 32.1. The molecule has 0 N–H and O–H groups in total. The zero-order chi connectivity index (χ0) is 21.1. The van der Waals surface area contributed by atoms with Crippen molar-refractivity contribution in [1.29, 1.82) is 0 Å². The molecule has 2 aromatic heterocycles. The molecule has 0 saturated carbocycles. The number of rotatable bonds is 6. The standard InChI is InChI=1S/C23H21N3O3S/c1-15(2)16-7-9-17(10-8-16)22-25-18(13-30-22)12-29-21(27)11-26-14-24-20-6-4-3-5-19(20)23(26)28/h3-10,13-15H,11-12H2,1-2H3. The van der Waals surface area contributed by atoms with Gasteiger partial charge in [0.2, 0.25) is 0 Å². The van der Waals surface area contributed by atoms with E-state index in [1.54, 1.807) is 18.2 Å². The molecular weight excluding hydrogens is 398 g/mol. The van der Waals surface area contributed by atoms with Gasteiger partial charge in [-0.15, -0.1) is 11.3 Å². The van der Waals surface area contributed by atoms with Crippen molar-refractivity contribution in [2.24, 2.45) is 0 Å². The van der Waals surface area contributed by atoms with Crippen LogP contribution in [0.25, 0.3) is 21.5 Å². The summed E-state index contributed by atoms with van der Waals surface area (Å²) in [5.41, 5.74) is 3.33.